The lowest BCUT2D eigenvalue weighted by Crippen LogP contribution is -2.51. The highest BCUT2D eigenvalue weighted by Gasteiger charge is 2.18. The van der Waals surface area contributed by atoms with Gasteiger partial charge in [0.2, 0.25) is 0 Å². The molecule has 0 saturated carbocycles. The third-order valence-electron chi connectivity index (χ3n) is 3.60. The number of rotatable bonds is 4. The summed E-state index contributed by atoms with van der Waals surface area (Å²) in [5.41, 5.74) is 7.07. The molecule has 0 aromatic heterocycles. The van der Waals surface area contributed by atoms with Gasteiger partial charge < -0.3 is 15.5 Å². The minimum atomic E-state index is -0.199. The van der Waals surface area contributed by atoms with E-state index in [1.807, 2.05) is 25.1 Å². The summed E-state index contributed by atoms with van der Waals surface area (Å²) < 4.78 is 12.9. The molecular formula is C16H23FN4. The first-order valence-corrected chi connectivity index (χ1v) is 7.37. The second-order valence-electron chi connectivity index (χ2n) is 5.05. The molecule has 0 atom stereocenters. The number of hydrogen-bond acceptors (Lipinski definition) is 2. The van der Waals surface area contributed by atoms with Crippen LogP contribution in [0.15, 0.2) is 41.4 Å². The van der Waals surface area contributed by atoms with Crippen LogP contribution < -0.4 is 10.6 Å². The van der Waals surface area contributed by atoms with Crippen LogP contribution >= 0.6 is 0 Å². The molecule has 0 amide bonds. The molecule has 1 aromatic carbocycles. The van der Waals surface area contributed by atoms with E-state index in [-0.39, 0.29) is 5.82 Å². The van der Waals surface area contributed by atoms with Gasteiger partial charge in [-0.25, -0.2) is 4.39 Å². The molecule has 4 nitrogen and oxygen atoms in total. The maximum absolute atomic E-state index is 12.9. The van der Waals surface area contributed by atoms with Crippen molar-refractivity contribution in [3.8, 4) is 0 Å². The molecule has 2 rings (SSSR count). The topological polar surface area (TPSA) is 44.9 Å². The van der Waals surface area contributed by atoms with Crippen LogP contribution in [0.3, 0.4) is 0 Å². The quantitative estimate of drug-likeness (QED) is 0.400. The molecule has 1 saturated heterocycles. The van der Waals surface area contributed by atoms with Crippen molar-refractivity contribution >= 4 is 11.6 Å². The second-order valence-corrected chi connectivity index (χ2v) is 5.05. The van der Waals surface area contributed by atoms with Crippen LogP contribution in [0.4, 0.5) is 10.1 Å². The van der Waals surface area contributed by atoms with E-state index in [9.17, 15) is 4.39 Å². The molecular weight excluding hydrogens is 267 g/mol. The Labute approximate surface area is 125 Å². The molecule has 0 unspecified atom stereocenters. The van der Waals surface area contributed by atoms with Crippen LogP contribution in [0, 0.1) is 5.82 Å². The Kier molecular flexibility index (Phi) is 5.60. The van der Waals surface area contributed by atoms with Crippen molar-refractivity contribution in [2.45, 2.75) is 13.3 Å². The van der Waals surface area contributed by atoms with E-state index >= 15 is 0 Å². The molecule has 21 heavy (non-hydrogen) atoms. The third kappa shape index (κ3) is 4.48. The van der Waals surface area contributed by atoms with Crippen molar-refractivity contribution < 1.29 is 4.39 Å². The van der Waals surface area contributed by atoms with Gasteiger partial charge in [0, 0.05) is 38.4 Å². The van der Waals surface area contributed by atoms with Crippen LogP contribution in [0.5, 0.6) is 0 Å². The van der Waals surface area contributed by atoms with Gasteiger partial charge in [0.15, 0.2) is 5.96 Å². The van der Waals surface area contributed by atoms with Crippen molar-refractivity contribution in [1.29, 1.82) is 0 Å². The number of anilines is 1. The predicted octanol–water partition coefficient (Wildman–Crippen LogP) is 2.23. The van der Waals surface area contributed by atoms with Gasteiger partial charge in [0.1, 0.15) is 5.82 Å². The van der Waals surface area contributed by atoms with Crippen molar-refractivity contribution in [1.82, 2.24) is 4.90 Å². The van der Waals surface area contributed by atoms with Gasteiger partial charge in [-0.1, -0.05) is 12.2 Å². The highest BCUT2D eigenvalue weighted by atomic mass is 19.1. The molecule has 114 valence electrons. The molecule has 5 heteroatoms. The van der Waals surface area contributed by atoms with E-state index in [1.54, 1.807) is 0 Å². The monoisotopic (exact) mass is 290 g/mol. The van der Waals surface area contributed by atoms with Gasteiger partial charge in [-0.2, -0.15) is 0 Å². The summed E-state index contributed by atoms with van der Waals surface area (Å²) in [4.78, 5) is 8.74. The molecule has 1 aromatic rings. The molecule has 1 heterocycles. The highest BCUT2D eigenvalue weighted by molar-refractivity contribution is 5.78. The predicted molar refractivity (Wildman–Crippen MR) is 86.1 cm³/mol. The Balaban J connectivity index is 1.83. The van der Waals surface area contributed by atoms with Crippen molar-refractivity contribution in [2.75, 3.05) is 37.6 Å². The van der Waals surface area contributed by atoms with Crippen LogP contribution in [-0.2, 0) is 0 Å². The molecule has 1 aliphatic rings. The maximum Gasteiger partial charge on any atom is 0.191 e. The molecule has 0 spiro atoms. The van der Waals surface area contributed by atoms with Crippen molar-refractivity contribution in [3.63, 3.8) is 0 Å². The summed E-state index contributed by atoms with van der Waals surface area (Å²) in [5, 5.41) is 0. The van der Waals surface area contributed by atoms with Gasteiger partial charge in [-0.3, -0.25) is 4.99 Å². The number of halogens is 1. The number of nitrogens with zero attached hydrogens (tertiary/aromatic N) is 3. The lowest BCUT2D eigenvalue weighted by molar-refractivity contribution is 0.381. The summed E-state index contributed by atoms with van der Waals surface area (Å²) >= 11 is 0. The number of allylic oxidation sites excluding steroid dienone is 1. The second kappa shape index (κ2) is 7.67. The Bertz CT molecular complexity index is 488. The highest BCUT2D eigenvalue weighted by Crippen LogP contribution is 2.16. The standard InChI is InChI=1S/C16H23FN4/c1-2-3-4-9-19-16(18)21-12-10-20(11-13-21)15-7-5-14(17)6-8-15/h2-3,5-8H,4,9-13H2,1H3,(H2,18,19). The molecule has 0 bridgehead atoms. The normalized spacial score (nSPS) is 16.8. The number of guanidine groups is 1. The minimum Gasteiger partial charge on any atom is -0.370 e. The lowest BCUT2D eigenvalue weighted by atomic mass is 10.2. The first-order valence-electron chi connectivity index (χ1n) is 7.37. The van der Waals surface area contributed by atoms with Gasteiger partial charge in [0.05, 0.1) is 0 Å². The first kappa shape index (κ1) is 15.4. The summed E-state index contributed by atoms with van der Waals surface area (Å²) in [7, 11) is 0. The van der Waals surface area contributed by atoms with Crippen LogP contribution in [0.2, 0.25) is 0 Å². The van der Waals surface area contributed by atoms with Gasteiger partial charge in [0.25, 0.3) is 0 Å². The minimum absolute atomic E-state index is 0.199. The summed E-state index contributed by atoms with van der Waals surface area (Å²) in [6.45, 7) is 6.16. The number of benzene rings is 1. The van der Waals surface area contributed by atoms with Crippen molar-refractivity contribution in [2.24, 2.45) is 10.7 Å². The Morgan fingerprint density at radius 2 is 1.90 bits per heavy atom. The number of nitrogens with two attached hydrogens (primary N) is 1. The van der Waals surface area contributed by atoms with Crippen LogP contribution in [0.1, 0.15) is 13.3 Å². The zero-order chi connectivity index (χ0) is 15.1. The molecule has 1 aliphatic heterocycles. The summed E-state index contributed by atoms with van der Waals surface area (Å²) in [6.07, 6.45) is 5.03. The third-order valence-corrected chi connectivity index (χ3v) is 3.60. The first-order chi connectivity index (χ1) is 10.2. The van der Waals surface area contributed by atoms with E-state index in [0.717, 1.165) is 44.8 Å². The van der Waals surface area contributed by atoms with Gasteiger partial charge >= 0.3 is 0 Å². The fraction of sp³-hybridized carbons (Fsp3) is 0.438. The van der Waals surface area contributed by atoms with E-state index < -0.39 is 0 Å². The SMILES string of the molecule is CC=CCCN=C(N)N1CCN(c2ccc(F)cc2)CC1. The largest absolute Gasteiger partial charge is 0.370 e. The Morgan fingerprint density at radius 1 is 1.24 bits per heavy atom. The number of aliphatic imine (C=N–C) groups is 1. The van der Waals surface area contributed by atoms with E-state index in [4.69, 9.17) is 5.73 Å². The zero-order valence-electron chi connectivity index (χ0n) is 12.5. The Hall–Kier alpha value is -2.04. The fourth-order valence-corrected chi connectivity index (χ4v) is 2.37. The van der Waals surface area contributed by atoms with E-state index in [0.29, 0.717) is 5.96 Å². The molecule has 0 radical (unpaired) electrons. The summed E-state index contributed by atoms with van der Waals surface area (Å²) in [5.74, 6) is 0.424. The van der Waals surface area contributed by atoms with Gasteiger partial charge in [-0.15, -0.1) is 0 Å². The molecule has 0 aliphatic carbocycles. The van der Waals surface area contributed by atoms with Crippen LogP contribution in [0.25, 0.3) is 0 Å². The Morgan fingerprint density at radius 3 is 2.52 bits per heavy atom. The molecule has 2 N–H and O–H groups in total. The number of piperazine rings is 1. The van der Waals surface area contributed by atoms with Gasteiger partial charge in [-0.05, 0) is 37.6 Å². The maximum atomic E-state index is 12.9. The number of hydrogen-bond donors (Lipinski definition) is 1. The average Bonchev–Trinajstić information content (AvgIpc) is 2.52. The summed E-state index contributed by atoms with van der Waals surface area (Å²) in [6, 6.07) is 6.64. The average molecular weight is 290 g/mol. The van der Waals surface area contributed by atoms with Crippen LogP contribution in [-0.4, -0.2) is 43.6 Å². The molecule has 1 fully saturated rings. The fourth-order valence-electron chi connectivity index (χ4n) is 2.37. The lowest BCUT2D eigenvalue weighted by Gasteiger charge is -2.36. The van der Waals surface area contributed by atoms with E-state index in [1.165, 1.54) is 12.1 Å². The van der Waals surface area contributed by atoms with E-state index in [2.05, 4.69) is 20.9 Å². The van der Waals surface area contributed by atoms with Crippen molar-refractivity contribution in [3.05, 3.63) is 42.2 Å². The smallest absolute Gasteiger partial charge is 0.191 e. The zero-order valence-corrected chi connectivity index (χ0v) is 12.5.